The minimum atomic E-state index is -0.737. The highest BCUT2D eigenvalue weighted by atomic mass is 32.2. The third-order valence-corrected chi connectivity index (χ3v) is 5.51. The predicted octanol–water partition coefficient (Wildman–Crippen LogP) is 4.91. The van der Waals surface area contributed by atoms with Crippen LogP contribution in [0.15, 0.2) is 24.3 Å². The zero-order valence-corrected chi connectivity index (χ0v) is 16.0. The first-order chi connectivity index (χ1) is 11.5. The number of carbonyl (C=O) groups excluding carboxylic acids is 1. The normalized spacial score (nSPS) is 12.2. The monoisotopic (exact) mass is 353 g/mol. The van der Waals surface area contributed by atoms with Gasteiger partial charge in [0.15, 0.2) is 0 Å². The lowest BCUT2D eigenvalue weighted by molar-refractivity contribution is 0.159. The predicted molar refractivity (Wildman–Crippen MR) is 102 cm³/mol. The number of nitrogens with one attached hydrogen (secondary N) is 1. The molecule has 0 aliphatic heterocycles. The Bertz CT molecular complexity index is 500. The summed E-state index contributed by atoms with van der Waals surface area (Å²) in [5.41, 5.74) is 2.04. The molecule has 0 fully saturated rings. The Hall–Kier alpha value is -1.36. The van der Waals surface area contributed by atoms with E-state index in [1.807, 2.05) is 38.1 Å². The van der Waals surface area contributed by atoms with Crippen LogP contribution in [-0.4, -0.2) is 27.9 Å². The summed E-state index contributed by atoms with van der Waals surface area (Å²) in [6.45, 7) is 6.52. The van der Waals surface area contributed by atoms with Gasteiger partial charge in [0.05, 0.1) is 6.61 Å². The van der Waals surface area contributed by atoms with E-state index in [-0.39, 0.29) is 5.25 Å². The maximum Gasteiger partial charge on any atom is 0.411 e. The lowest BCUT2D eigenvalue weighted by Crippen LogP contribution is -2.14. The number of hydrogen-bond acceptors (Lipinski definition) is 3. The Kier molecular flexibility index (Phi) is 10.4. The highest BCUT2D eigenvalue weighted by molar-refractivity contribution is 7.85. The SMILES string of the molecule is CCCCc1ccc(NC(=O)OCCCCCS(=O)C(C)C)cc1. The average molecular weight is 354 g/mol. The molecule has 0 saturated heterocycles. The van der Waals surface area contributed by atoms with Crippen molar-refractivity contribution in [1.82, 2.24) is 0 Å². The van der Waals surface area contributed by atoms with Gasteiger partial charge in [-0.25, -0.2) is 4.79 Å². The summed E-state index contributed by atoms with van der Waals surface area (Å²) in [5.74, 6) is 0.730. The van der Waals surface area contributed by atoms with Gasteiger partial charge < -0.3 is 4.74 Å². The first-order valence-electron chi connectivity index (χ1n) is 8.92. The van der Waals surface area contributed by atoms with Crippen LogP contribution in [0.5, 0.6) is 0 Å². The Balaban J connectivity index is 2.14. The first kappa shape index (κ1) is 20.7. The first-order valence-corrected chi connectivity index (χ1v) is 10.3. The average Bonchev–Trinajstić information content (AvgIpc) is 2.57. The smallest absolute Gasteiger partial charge is 0.411 e. The minimum absolute atomic E-state index is 0.223. The second-order valence-electron chi connectivity index (χ2n) is 6.26. The van der Waals surface area contributed by atoms with Crippen molar-refractivity contribution >= 4 is 22.6 Å². The number of unbranched alkanes of at least 4 members (excludes halogenated alkanes) is 3. The molecule has 1 aromatic rings. The number of carbonyl (C=O) groups is 1. The van der Waals surface area contributed by atoms with Gasteiger partial charge in [0.2, 0.25) is 0 Å². The molecule has 0 heterocycles. The molecular weight excluding hydrogens is 322 g/mol. The molecule has 0 aliphatic rings. The zero-order chi connectivity index (χ0) is 17.8. The van der Waals surface area contributed by atoms with Crippen LogP contribution in [0.2, 0.25) is 0 Å². The van der Waals surface area contributed by atoms with E-state index < -0.39 is 16.9 Å². The molecular formula is C19H31NO3S. The van der Waals surface area contributed by atoms with Crippen LogP contribution < -0.4 is 5.32 Å². The van der Waals surface area contributed by atoms with E-state index in [4.69, 9.17) is 4.74 Å². The summed E-state index contributed by atoms with van der Waals surface area (Å²) < 4.78 is 16.8. The molecule has 1 N–H and O–H groups in total. The molecule has 1 atom stereocenters. The minimum Gasteiger partial charge on any atom is -0.449 e. The summed E-state index contributed by atoms with van der Waals surface area (Å²) in [6.07, 6.45) is 5.66. The van der Waals surface area contributed by atoms with Crippen LogP contribution in [0.1, 0.15) is 58.4 Å². The number of amides is 1. The molecule has 0 spiro atoms. The zero-order valence-electron chi connectivity index (χ0n) is 15.2. The third kappa shape index (κ3) is 9.06. The van der Waals surface area contributed by atoms with Gasteiger partial charge in [-0.2, -0.15) is 0 Å². The molecule has 4 nitrogen and oxygen atoms in total. The molecule has 136 valence electrons. The van der Waals surface area contributed by atoms with Crippen LogP contribution >= 0.6 is 0 Å². The van der Waals surface area contributed by atoms with Crippen molar-refractivity contribution in [3.63, 3.8) is 0 Å². The van der Waals surface area contributed by atoms with Gasteiger partial charge in [-0.15, -0.1) is 0 Å². The lowest BCUT2D eigenvalue weighted by Gasteiger charge is -2.08. The van der Waals surface area contributed by atoms with E-state index in [1.165, 1.54) is 18.4 Å². The van der Waals surface area contributed by atoms with Gasteiger partial charge in [-0.3, -0.25) is 9.53 Å². The molecule has 5 heteroatoms. The largest absolute Gasteiger partial charge is 0.449 e. The van der Waals surface area contributed by atoms with Crippen LogP contribution in [0.3, 0.4) is 0 Å². The van der Waals surface area contributed by atoms with E-state index in [9.17, 15) is 9.00 Å². The number of ether oxygens (including phenoxy) is 1. The maximum absolute atomic E-state index is 11.7. The third-order valence-electron chi connectivity index (χ3n) is 3.77. The standard InChI is InChI=1S/C19H31NO3S/c1-4-5-9-17-10-12-18(13-11-17)20-19(21)23-14-7-6-8-15-24(22)16(2)3/h10-13,16H,4-9,14-15H2,1-3H3,(H,20,21). The van der Waals surface area contributed by atoms with Crippen molar-refractivity contribution in [3.05, 3.63) is 29.8 Å². The molecule has 1 unspecified atom stereocenters. The molecule has 1 aromatic carbocycles. The quantitative estimate of drug-likeness (QED) is 0.575. The van der Waals surface area contributed by atoms with Crippen molar-refractivity contribution in [2.75, 3.05) is 17.7 Å². The number of anilines is 1. The molecule has 0 radical (unpaired) electrons. The Morgan fingerprint density at radius 2 is 1.83 bits per heavy atom. The topological polar surface area (TPSA) is 55.4 Å². The van der Waals surface area contributed by atoms with E-state index in [1.54, 1.807) is 0 Å². The second-order valence-corrected chi connectivity index (χ2v) is 8.37. The van der Waals surface area contributed by atoms with Gasteiger partial charge in [0.25, 0.3) is 0 Å². The molecule has 1 rings (SSSR count). The molecule has 0 aliphatic carbocycles. The van der Waals surface area contributed by atoms with Gasteiger partial charge in [0, 0.05) is 27.5 Å². The summed E-state index contributed by atoms with van der Waals surface area (Å²) >= 11 is 0. The lowest BCUT2D eigenvalue weighted by atomic mass is 10.1. The molecule has 0 bridgehead atoms. The second kappa shape index (κ2) is 12.1. The highest BCUT2D eigenvalue weighted by Crippen LogP contribution is 2.12. The molecule has 24 heavy (non-hydrogen) atoms. The number of hydrogen-bond donors (Lipinski definition) is 1. The number of benzene rings is 1. The van der Waals surface area contributed by atoms with Crippen molar-refractivity contribution in [2.24, 2.45) is 0 Å². The van der Waals surface area contributed by atoms with Gasteiger partial charge in [0.1, 0.15) is 0 Å². The van der Waals surface area contributed by atoms with Crippen LogP contribution in [0, 0.1) is 0 Å². The van der Waals surface area contributed by atoms with E-state index in [0.29, 0.717) is 6.61 Å². The summed E-state index contributed by atoms with van der Waals surface area (Å²) in [7, 11) is -0.737. The van der Waals surface area contributed by atoms with E-state index >= 15 is 0 Å². The Labute approximate surface area is 148 Å². The summed E-state index contributed by atoms with van der Waals surface area (Å²) in [6, 6.07) is 7.90. The van der Waals surface area contributed by atoms with Crippen LogP contribution in [0.25, 0.3) is 0 Å². The molecule has 1 amide bonds. The van der Waals surface area contributed by atoms with Gasteiger partial charge in [-0.1, -0.05) is 39.3 Å². The van der Waals surface area contributed by atoms with Crippen molar-refractivity contribution < 1.29 is 13.7 Å². The maximum atomic E-state index is 11.7. The van der Waals surface area contributed by atoms with Crippen molar-refractivity contribution in [1.29, 1.82) is 0 Å². The summed E-state index contributed by atoms with van der Waals surface area (Å²) in [5, 5.41) is 2.96. The highest BCUT2D eigenvalue weighted by Gasteiger charge is 2.05. The van der Waals surface area contributed by atoms with E-state index in [0.717, 1.165) is 37.1 Å². The van der Waals surface area contributed by atoms with Crippen molar-refractivity contribution in [2.45, 2.75) is 64.5 Å². The van der Waals surface area contributed by atoms with Crippen LogP contribution in [0.4, 0.5) is 10.5 Å². The molecule has 0 saturated carbocycles. The van der Waals surface area contributed by atoms with E-state index in [2.05, 4.69) is 12.2 Å². The number of aryl methyl sites for hydroxylation is 1. The van der Waals surface area contributed by atoms with Gasteiger partial charge in [-0.05, 0) is 49.8 Å². The fraction of sp³-hybridized carbons (Fsp3) is 0.632. The Morgan fingerprint density at radius 1 is 1.12 bits per heavy atom. The summed E-state index contributed by atoms with van der Waals surface area (Å²) in [4.78, 5) is 11.7. The molecule has 0 aromatic heterocycles. The van der Waals surface area contributed by atoms with Crippen LogP contribution in [-0.2, 0) is 22.0 Å². The van der Waals surface area contributed by atoms with Gasteiger partial charge >= 0.3 is 6.09 Å². The Morgan fingerprint density at radius 3 is 2.46 bits per heavy atom. The number of rotatable bonds is 11. The fourth-order valence-electron chi connectivity index (χ4n) is 2.21. The fourth-order valence-corrected chi connectivity index (χ4v) is 3.17. The van der Waals surface area contributed by atoms with Crippen molar-refractivity contribution in [3.8, 4) is 0 Å².